The summed E-state index contributed by atoms with van der Waals surface area (Å²) < 4.78 is 15.6. The summed E-state index contributed by atoms with van der Waals surface area (Å²) in [6, 6.07) is 6.82. The van der Waals surface area contributed by atoms with Crippen LogP contribution in [0, 0.1) is 5.82 Å². The lowest BCUT2D eigenvalue weighted by molar-refractivity contribution is 0.599. The van der Waals surface area contributed by atoms with E-state index < -0.39 is 0 Å². The molecule has 2 rings (SSSR count). The summed E-state index contributed by atoms with van der Waals surface area (Å²) in [6.45, 7) is 2.55. The Labute approximate surface area is 118 Å². The van der Waals surface area contributed by atoms with Crippen molar-refractivity contribution in [2.24, 2.45) is 5.73 Å². The predicted octanol–water partition coefficient (Wildman–Crippen LogP) is 3.61. The van der Waals surface area contributed by atoms with Crippen LogP contribution in [0.1, 0.15) is 24.5 Å². The monoisotopic (exact) mass is 280 g/mol. The van der Waals surface area contributed by atoms with Crippen molar-refractivity contribution in [3.05, 3.63) is 58.6 Å². The summed E-state index contributed by atoms with van der Waals surface area (Å²) in [5.41, 5.74) is 7.69. The summed E-state index contributed by atoms with van der Waals surface area (Å²) in [6.07, 6.45) is 5.75. The van der Waals surface area contributed by atoms with Crippen molar-refractivity contribution in [2.45, 2.75) is 32.4 Å². The number of nitrogens with zero attached hydrogens (tertiary/aromatic N) is 1. The van der Waals surface area contributed by atoms with Crippen LogP contribution in [0.2, 0.25) is 5.02 Å². The van der Waals surface area contributed by atoms with Crippen LogP contribution in [0.5, 0.6) is 0 Å². The normalized spacial score (nSPS) is 12.6. The Morgan fingerprint density at radius 1 is 1.37 bits per heavy atom. The Kier molecular flexibility index (Phi) is 4.61. The maximum Gasteiger partial charge on any atom is 0.128 e. The fourth-order valence-corrected chi connectivity index (χ4v) is 2.21. The van der Waals surface area contributed by atoms with E-state index >= 15 is 0 Å². The zero-order chi connectivity index (χ0) is 13.8. The molecule has 0 spiro atoms. The van der Waals surface area contributed by atoms with Crippen molar-refractivity contribution in [1.29, 1.82) is 0 Å². The molecule has 102 valence electrons. The fourth-order valence-electron chi connectivity index (χ4n) is 2.02. The van der Waals surface area contributed by atoms with Gasteiger partial charge in [-0.1, -0.05) is 18.5 Å². The van der Waals surface area contributed by atoms with Crippen LogP contribution in [-0.4, -0.2) is 10.6 Å². The summed E-state index contributed by atoms with van der Waals surface area (Å²) in [7, 11) is 0. The van der Waals surface area contributed by atoms with Crippen molar-refractivity contribution in [3.8, 4) is 0 Å². The first-order valence-corrected chi connectivity index (χ1v) is 6.80. The van der Waals surface area contributed by atoms with E-state index in [0.29, 0.717) is 17.1 Å². The molecule has 0 radical (unpaired) electrons. The lowest BCUT2D eigenvalue weighted by Gasteiger charge is -2.07. The minimum atomic E-state index is -0.232. The first-order valence-electron chi connectivity index (χ1n) is 6.42. The minimum absolute atomic E-state index is 0.179. The number of benzene rings is 1. The molecule has 1 aromatic carbocycles. The SMILES string of the molecule is CCC(N)Cc1ccn(Cc2cc(Cl)ccc2F)c1. The second-order valence-electron chi connectivity index (χ2n) is 4.80. The predicted molar refractivity (Wildman–Crippen MR) is 76.9 cm³/mol. The highest BCUT2D eigenvalue weighted by molar-refractivity contribution is 6.30. The molecule has 0 bridgehead atoms. The van der Waals surface area contributed by atoms with Gasteiger partial charge in [-0.05, 0) is 42.7 Å². The second kappa shape index (κ2) is 6.22. The van der Waals surface area contributed by atoms with Gasteiger partial charge in [0.1, 0.15) is 5.82 Å². The van der Waals surface area contributed by atoms with E-state index in [1.165, 1.54) is 11.6 Å². The van der Waals surface area contributed by atoms with Crippen LogP contribution >= 0.6 is 11.6 Å². The average Bonchev–Trinajstić information content (AvgIpc) is 2.81. The van der Waals surface area contributed by atoms with Crippen molar-refractivity contribution in [1.82, 2.24) is 4.57 Å². The molecule has 0 amide bonds. The Morgan fingerprint density at radius 3 is 2.89 bits per heavy atom. The highest BCUT2D eigenvalue weighted by Crippen LogP contribution is 2.17. The van der Waals surface area contributed by atoms with Crippen LogP contribution < -0.4 is 5.73 Å². The van der Waals surface area contributed by atoms with Gasteiger partial charge >= 0.3 is 0 Å². The lowest BCUT2D eigenvalue weighted by Crippen LogP contribution is -2.21. The van der Waals surface area contributed by atoms with E-state index in [1.54, 1.807) is 12.1 Å². The third kappa shape index (κ3) is 3.82. The number of aromatic nitrogens is 1. The van der Waals surface area contributed by atoms with E-state index in [2.05, 4.69) is 6.92 Å². The molecule has 0 aliphatic carbocycles. The quantitative estimate of drug-likeness (QED) is 0.891. The third-order valence-electron chi connectivity index (χ3n) is 3.19. The number of rotatable bonds is 5. The van der Waals surface area contributed by atoms with Gasteiger partial charge in [0.05, 0.1) is 0 Å². The number of halogens is 2. The molecule has 1 atom stereocenters. The van der Waals surface area contributed by atoms with Crippen LogP contribution in [0.25, 0.3) is 0 Å². The van der Waals surface area contributed by atoms with E-state index in [0.717, 1.165) is 12.8 Å². The molecule has 1 heterocycles. The highest BCUT2D eigenvalue weighted by Gasteiger charge is 2.06. The number of hydrogen-bond donors (Lipinski definition) is 1. The van der Waals surface area contributed by atoms with Crippen LogP contribution in [0.4, 0.5) is 4.39 Å². The first kappa shape index (κ1) is 14.1. The number of nitrogens with two attached hydrogens (primary N) is 1. The zero-order valence-corrected chi connectivity index (χ0v) is 11.7. The molecule has 2 N–H and O–H groups in total. The molecule has 0 aliphatic heterocycles. The summed E-state index contributed by atoms with van der Waals surface area (Å²) in [5.74, 6) is -0.232. The summed E-state index contributed by atoms with van der Waals surface area (Å²) in [4.78, 5) is 0. The molecular weight excluding hydrogens is 263 g/mol. The zero-order valence-electron chi connectivity index (χ0n) is 10.9. The molecule has 0 saturated heterocycles. The minimum Gasteiger partial charge on any atom is -0.350 e. The highest BCUT2D eigenvalue weighted by atomic mass is 35.5. The second-order valence-corrected chi connectivity index (χ2v) is 5.24. The summed E-state index contributed by atoms with van der Waals surface area (Å²) >= 11 is 5.88. The van der Waals surface area contributed by atoms with Crippen LogP contribution in [0.3, 0.4) is 0 Å². The van der Waals surface area contributed by atoms with Crippen LogP contribution in [0.15, 0.2) is 36.7 Å². The van der Waals surface area contributed by atoms with Gasteiger partial charge in [-0.25, -0.2) is 4.39 Å². The van der Waals surface area contributed by atoms with Gasteiger partial charge in [-0.3, -0.25) is 0 Å². The Balaban J connectivity index is 2.09. The van der Waals surface area contributed by atoms with Gasteiger partial charge in [0.15, 0.2) is 0 Å². The largest absolute Gasteiger partial charge is 0.350 e. The fraction of sp³-hybridized carbons (Fsp3) is 0.333. The Hall–Kier alpha value is -1.32. The van der Waals surface area contributed by atoms with E-state index in [-0.39, 0.29) is 11.9 Å². The maximum absolute atomic E-state index is 13.6. The van der Waals surface area contributed by atoms with Crippen molar-refractivity contribution in [3.63, 3.8) is 0 Å². The lowest BCUT2D eigenvalue weighted by atomic mass is 10.1. The Morgan fingerprint density at radius 2 is 2.16 bits per heavy atom. The van der Waals surface area contributed by atoms with Gasteiger partial charge in [-0.15, -0.1) is 0 Å². The molecule has 4 heteroatoms. The van der Waals surface area contributed by atoms with Gasteiger partial charge in [0.2, 0.25) is 0 Å². The third-order valence-corrected chi connectivity index (χ3v) is 3.43. The molecule has 2 nitrogen and oxygen atoms in total. The van der Waals surface area contributed by atoms with E-state index in [4.69, 9.17) is 17.3 Å². The molecule has 2 aromatic rings. The standard InChI is InChI=1S/C15H18ClFN2/c1-2-14(18)7-11-5-6-19(9-11)10-12-8-13(16)3-4-15(12)17/h3-6,8-9,14H,2,7,10,18H2,1H3. The molecule has 0 aliphatic rings. The molecule has 19 heavy (non-hydrogen) atoms. The van der Waals surface area contributed by atoms with Gasteiger partial charge < -0.3 is 10.3 Å². The average molecular weight is 281 g/mol. The summed E-state index contributed by atoms with van der Waals surface area (Å²) in [5, 5.41) is 0.553. The van der Waals surface area contributed by atoms with Crippen molar-refractivity contribution >= 4 is 11.6 Å². The number of hydrogen-bond acceptors (Lipinski definition) is 1. The smallest absolute Gasteiger partial charge is 0.128 e. The van der Waals surface area contributed by atoms with Gasteiger partial charge in [-0.2, -0.15) is 0 Å². The molecule has 1 aromatic heterocycles. The van der Waals surface area contributed by atoms with Gasteiger partial charge in [0.25, 0.3) is 0 Å². The molecule has 1 unspecified atom stereocenters. The molecule has 0 fully saturated rings. The van der Waals surface area contributed by atoms with E-state index in [9.17, 15) is 4.39 Å². The van der Waals surface area contributed by atoms with Gasteiger partial charge in [0, 0.05) is 35.6 Å². The van der Waals surface area contributed by atoms with Crippen molar-refractivity contribution in [2.75, 3.05) is 0 Å². The van der Waals surface area contributed by atoms with E-state index in [1.807, 2.05) is 23.0 Å². The van der Waals surface area contributed by atoms with Crippen LogP contribution in [-0.2, 0) is 13.0 Å². The molecular formula is C15H18ClFN2. The van der Waals surface area contributed by atoms with Crippen molar-refractivity contribution < 1.29 is 4.39 Å². The molecule has 0 saturated carbocycles. The Bertz CT molecular complexity index is 551. The first-order chi connectivity index (χ1) is 9.08. The topological polar surface area (TPSA) is 30.9 Å². The maximum atomic E-state index is 13.6.